The van der Waals surface area contributed by atoms with E-state index in [1.54, 1.807) is 0 Å². The summed E-state index contributed by atoms with van der Waals surface area (Å²) in [6, 6.07) is 0. The molecule has 0 aromatic carbocycles. The van der Waals surface area contributed by atoms with Crippen molar-refractivity contribution in [1.29, 1.82) is 0 Å². The van der Waals surface area contributed by atoms with Gasteiger partial charge in [0.05, 0.1) is 13.2 Å². The number of carbonyl (C=O) groups excluding carboxylic acids is 1. The Hall–Kier alpha value is -0.970. The highest BCUT2D eigenvalue weighted by molar-refractivity contribution is 5.69. The van der Waals surface area contributed by atoms with Gasteiger partial charge in [-0.05, 0) is 0 Å². The van der Waals surface area contributed by atoms with E-state index in [-0.39, 0.29) is 6.42 Å². The molecule has 164 valence electrons. The summed E-state index contributed by atoms with van der Waals surface area (Å²) >= 11 is 0. The Morgan fingerprint density at radius 2 is 1.46 bits per heavy atom. The standard InChI is InChI=1S/C15H26O13/c1-2-8(19)27-15(13(24)11(22)9(20)6(3-16)26-15)28-14(5-18)12(23)10(21)7(4-17)25-14/h6-7,9-13,16-18,20-24H,2-5H2,1H3/t6-,7-,9-,10-,11+,12+,13-,14?,15+/m1/s1. The predicted octanol–water partition coefficient (Wildman–Crippen LogP) is -5.11. The van der Waals surface area contributed by atoms with Gasteiger partial charge in [-0.3, -0.25) is 9.53 Å². The molecule has 13 nitrogen and oxygen atoms in total. The number of ether oxygens (including phenoxy) is 4. The summed E-state index contributed by atoms with van der Waals surface area (Å²) in [5, 5.41) is 79.0. The van der Waals surface area contributed by atoms with Crippen molar-refractivity contribution in [2.75, 3.05) is 19.8 Å². The second-order valence-electron chi connectivity index (χ2n) is 6.54. The van der Waals surface area contributed by atoms with Crippen molar-refractivity contribution < 1.29 is 64.6 Å². The van der Waals surface area contributed by atoms with Crippen LogP contribution in [0.5, 0.6) is 0 Å². The molecule has 2 saturated heterocycles. The third-order valence-corrected chi connectivity index (χ3v) is 4.68. The van der Waals surface area contributed by atoms with Gasteiger partial charge in [0.2, 0.25) is 5.79 Å². The van der Waals surface area contributed by atoms with Crippen molar-refractivity contribution in [2.45, 2.75) is 67.8 Å². The van der Waals surface area contributed by atoms with Crippen LogP contribution in [-0.2, 0) is 23.7 Å². The normalized spacial score (nSPS) is 46.5. The van der Waals surface area contributed by atoms with Crippen LogP contribution in [0.1, 0.15) is 13.3 Å². The van der Waals surface area contributed by atoms with Crippen LogP contribution in [0.25, 0.3) is 0 Å². The van der Waals surface area contributed by atoms with Gasteiger partial charge in [0.25, 0.3) is 0 Å². The van der Waals surface area contributed by atoms with E-state index in [0.717, 1.165) is 0 Å². The Kier molecular flexibility index (Phi) is 7.33. The molecule has 8 N–H and O–H groups in total. The number of hydrogen-bond acceptors (Lipinski definition) is 13. The lowest BCUT2D eigenvalue weighted by molar-refractivity contribution is -0.498. The van der Waals surface area contributed by atoms with Crippen molar-refractivity contribution in [3.63, 3.8) is 0 Å². The molecule has 0 aromatic rings. The summed E-state index contributed by atoms with van der Waals surface area (Å²) < 4.78 is 20.7. The molecule has 28 heavy (non-hydrogen) atoms. The molecule has 0 spiro atoms. The fourth-order valence-corrected chi connectivity index (χ4v) is 3.02. The second kappa shape index (κ2) is 8.81. The lowest BCUT2D eigenvalue weighted by Crippen LogP contribution is -2.70. The highest BCUT2D eigenvalue weighted by atomic mass is 16.9. The minimum Gasteiger partial charge on any atom is -0.405 e. The molecule has 9 atom stereocenters. The molecular formula is C15H26O13. The zero-order valence-electron chi connectivity index (χ0n) is 15.0. The van der Waals surface area contributed by atoms with E-state index < -0.39 is 80.3 Å². The maximum absolute atomic E-state index is 11.9. The molecule has 2 rings (SSSR count). The zero-order valence-corrected chi connectivity index (χ0v) is 15.0. The van der Waals surface area contributed by atoms with Crippen molar-refractivity contribution in [2.24, 2.45) is 0 Å². The average Bonchev–Trinajstić information content (AvgIpc) is 2.93. The smallest absolute Gasteiger partial charge is 0.362 e. The molecule has 2 fully saturated rings. The number of esters is 1. The topological polar surface area (TPSA) is 216 Å². The van der Waals surface area contributed by atoms with E-state index in [1.807, 2.05) is 0 Å². The molecule has 2 heterocycles. The van der Waals surface area contributed by atoms with Crippen molar-refractivity contribution >= 4 is 5.97 Å². The summed E-state index contributed by atoms with van der Waals surface area (Å²) in [4.78, 5) is 11.9. The predicted molar refractivity (Wildman–Crippen MR) is 84.0 cm³/mol. The van der Waals surface area contributed by atoms with Crippen LogP contribution in [0.3, 0.4) is 0 Å². The summed E-state index contributed by atoms with van der Waals surface area (Å²) in [5.74, 6) is -6.50. The van der Waals surface area contributed by atoms with Gasteiger partial charge in [-0.15, -0.1) is 0 Å². The van der Waals surface area contributed by atoms with Gasteiger partial charge in [0, 0.05) is 6.42 Å². The third kappa shape index (κ3) is 3.88. The summed E-state index contributed by atoms with van der Waals surface area (Å²) in [5.41, 5.74) is 0. The largest absolute Gasteiger partial charge is 0.405 e. The quantitative estimate of drug-likeness (QED) is 0.145. The monoisotopic (exact) mass is 414 g/mol. The van der Waals surface area contributed by atoms with E-state index in [4.69, 9.17) is 18.9 Å². The Morgan fingerprint density at radius 3 is 1.93 bits per heavy atom. The molecule has 0 aromatic heterocycles. The first-order valence-electron chi connectivity index (χ1n) is 8.61. The van der Waals surface area contributed by atoms with Gasteiger partial charge < -0.3 is 55.1 Å². The van der Waals surface area contributed by atoms with Crippen molar-refractivity contribution in [3.05, 3.63) is 0 Å². The number of rotatable bonds is 7. The lowest BCUT2D eigenvalue weighted by atomic mass is 9.97. The molecule has 0 aliphatic carbocycles. The fourth-order valence-electron chi connectivity index (χ4n) is 3.02. The van der Waals surface area contributed by atoms with E-state index in [9.17, 15) is 45.6 Å². The van der Waals surface area contributed by atoms with E-state index in [0.29, 0.717) is 0 Å². The Bertz CT molecular complexity index is 544. The van der Waals surface area contributed by atoms with Crippen LogP contribution in [-0.4, -0.2) is 121 Å². The average molecular weight is 414 g/mol. The van der Waals surface area contributed by atoms with Crippen LogP contribution < -0.4 is 0 Å². The summed E-state index contributed by atoms with van der Waals surface area (Å²) in [6.45, 7) is -1.45. The van der Waals surface area contributed by atoms with E-state index in [2.05, 4.69) is 0 Å². The Morgan fingerprint density at radius 1 is 0.893 bits per heavy atom. The third-order valence-electron chi connectivity index (χ3n) is 4.68. The van der Waals surface area contributed by atoms with Crippen molar-refractivity contribution in [1.82, 2.24) is 0 Å². The molecule has 2 aliphatic rings. The summed E-state index contributed by atoms with van der Waals surface area (Å²) in [6.07, 6.45) is -13.1. The molecule has 0 radical (unpaired) electrons. The number of carbonyl (C=O) groups is 1. The molecular weight excluding hydrogens is 388 g/mol. The molecule has 0 saturated carbocycles. The second-order valence-corrected chi connectivity index (χ2v) is 6.54. The Labute approximate surface area is 159 Å². The number of aliphatic hydroxyl groups is 8. The zero-order chi connectivity index (χ0) is 21.3. The minimum absolute atomic E-state index is 0.249. The van der Waals surface area contributed by atoms with Gasteiger partial charge in [0.15, 0.2) is 6.10 Å². The van der Waals surface area contributed by atoms with Gasteiger partial charge in [0.1, 0.15) is 43.2 Å². The maximum atomic E-state index is 11.9. The lowest BCUT2D eigenvalue weighted by Gasteiger charge is -2.49. The molecule has 1 unspecified atom stereocenters. The number of hydrogen-bond donors (Lipinski definition) is 8. The van der Waals surface area contributed by atoms with Gasteiger partial charge in [-0.2, -0.15) is 0 Å². The first kappa shape index (κ1) is 23.3. The minimum atomic E-state index is -2.94. The van der Waals surface area contributed by atoms with Crippen LogP contribution in [0.2, 0.25) is 0 Å². The Balaban J connectivity index is 2.46. The van der Waals surface area contributed by atoms with Crippen LogP contribution >= 0.6 is 0 Å². The highest BCUT2D eigenvalue weighted by Crippen LogP contribution is 2.41. The first-order chi connectivity index (χ1) is 13.1. The van der Waals surface area contributed by atoms with Crippen LogP contribution in [0.4, 0.5) is 0 Å². The van der Waals surface area contributed by atoms with Gasteiger partial charge in [-0.25, -0.2) is 0 Å². The van der Waals surface area contributed by atoms with Crippen molar-refractivity contribution in [3.8, 4) is 0 Å². The van der Waals surface area contributed by atoms with E-state index in [1.165, 1.54) is 6.92 Å². The number of aliphatic hydroxyl groups excluding tert-OH is 8. The highest BCUT2D eigenvalue weighted by Gasteiger charge is 2.65. The molecule has 2 aliphatic heterocycles. The molecule has 0 bridgehead atoms. The molecule has 0 amide bonds. The SMILES string of the molecule is CCC(=O)O[C@@]1(OC2(CO)O[C@H](CO)[C@@H](O)[C@@H]2O)O[C@H](CO)[C@@H](O)[C@H](O)[C@H]1O. The van der Waals surface area contributed by atoms with Crippen LogP contribution in [0, 0.1) is 0 Å². The fraction of sp³-hybridized carbons (Fsp3) is 0.933. The van der Waals surface area contributed by atoms with Gasteiger partial charge >= 0.3 is 11.9 Å². The van der Waals surface area contributed by atoms with E-state index >= 15 is 0 Å². The van der Waals surface area contributed by atoms with Gasteiger partial charge in [-0.1, -0.05) is 6.92 Å². The molecule has 13 heteroatoms. The van der Waals surface area contributed by atoms with Crippen LogP contribution in [0.15, 0.2) is 0 Å². The summed E-state index contributed by atoms with van der Waals surface area (Å²) in [7, 11) is 0. The maximum Gasteiger partial charge on any atom is 0.362 e. The first-order valence-corrected chi connectivity index (χ1v) is 8.61.